The van der Waals surface area contributed by atoms with Crippen LogP contribution in [0, 0.1) is 0 Å². The van der Waals surface area contributed by atoms with E-state index in [0.29, 0.717) is 13.1 Å². The van der Waals surface area contributed by atoms with E-state index in [9.17, 15) is 9.59 Å². The van der Waals surface area contributed by atoms with Gasteiger partial charge >= 0.3 is 0 Å². The van der Waals surface area contributed by atoms with Gasteiger partial charge in [-0.2, -0.15) is 0 Å². The summed E-state index contributed by atoms with van der Waals surface area (Å²) in [5, 5.41) is 2.73. The topological polar surface area (TPSA) is 49.4 Å². The molecular formula is C17H16N2O2. The maximum atomic E-state index is 12.3. The highest BCUT2D eigenvalue weighted by Gasteiger charge is 2.26. The molecule has 1 aliphatic heterocycles. The summed E-state index contributed by atoms with van der Waals surface area (Å²) in [6.07, 6.45) is 0. The van der Waals surface area contributed by atoms with E-state index in [2.05, 4.69) is 5.32 Å². The molecule has 0 fully saturated rings. The van der Waals surface area contributed by atoms with Gasteiger partial charge in [0.1, 0.15) is 0 Å². The molecule has 0 spiro atoms. The van der Waals surface area contributed by atoms with Crippen molar-refractivity contribution in [2.45, 2.75) is 20.0 Å². The van der Waals surface area contributed by atoms with Crippen LogP contribution in [0.2, 0.25) is 0 Å². The average Bonchev–Trinajstić information content (AvgIpc) is 2.78. The Morgan fingerprint density at radius 1 is 1.14 bits per heavy atom. The molecule has 1 heterocycles. The normalized spacial score (nSPS) is 13.2. The first-order valence-electron chi connectivity index (χ1n) is 6.87. The number of benzene rings is 2. The van der Waals surface area contributed by atoms with Crippen LogP contribution in [-0.2, 0) is 17.9 Å². The maximum Gasteiger partial charge on any atom is 0.254 e. The van der Waals surface area contributed by atoms with Gasteiger partial charge in [0.15, 0.2) is 0 Å². The van der Waals surface area contributed by atoms with Crippen molar-refractivity contribution in [3.05, 3.63) is 65.2 Å². The molecule has 0 unspecified atom stereocenters. The van der Waals surface area contributed by atoms with Crippen molar-refractivity contribution < 1.29 is 9.59 Å². The summed E-state index contributed by atoms with van der Waals surface area (Å²) in [6.45, 7) is 2.71. The number of nitrogens with one attached hydrogen (secondary N) is 1. The van der Waals surface area contributed by atoms with Crippen LogP contribution in [0.3, 0.4) is 0 Å². The molecule has 2 aromatic carbocycles. The van der Waals surface area contributed by atoms with Crippen LogP contribution in [0.25, 0.3) is 0 Å². The highest BCUT2D eigenvalue weighted by molar-refractivity contribution is 5.98. The van der Waals surface area contributed by atoms with Gasteiger partial charge in [0.2, 0.25) is 5.91 Å². The fourth-order valence-corrected chi connectivity index (χ4v) is 2.56. The number of amides is 2. The number of carbonyl (C=O) groups excluding carboxylic acids is 2. The molecule has 4 heteroatoms. The molecule has 2 aromatic rings. The van der Waals surface area contributed by atoms with Crippen molar-refractivity contribution in [1.82, 2.24) is 4.90 Å². The highest BCUT2D eigenvalue weighted by Crippen LogP contribution is 2.24. The molecule has 2 amide bonds. The van der Waals surface area contributed by atoms with Crippen molar-refractivity contribution >= 4 is 17.5 Å². The van der Waals surface area contributed by atoms with Crippen LogP contribution in [0.4, 0.5) is 5.69 Å². The van der Waals surface area contributed by atoms with E-state index < -0.39 is 0 Å². The lowest BCUT2D eigenvalue weighted by molar-refractivity contribution is -0.114. The standard InChI is InChI=1S/C17H16N2O2/c1-12(20)18-15-8-6-13(7-9-15)10-19-11-14-4-2-3-5-16(14)17(19)21/h2-9H,10-11H2,1H3,(H,18,20). The predicted molar refractivity (Wildman–Crippen MR) is 80.8 cm³/mol. The third-order valence-electron chi connectivity index (χ3n) is 3.54. The summed E-state index contributed by atoms with van der Waals surface area (Å²) in [7, 11) is 0. The van der Waals surface area contributed by atoms with E-state index in [1.165, 1.54) is 6.92 Å². The Hall–Kier alpha value is -2.62. The van der Waals surface area contributed by atoms with Crippen molar-refractivity contribution in [3.63, 3.8) is 0 Å². The molecule has 1 N–H and O–H groups in total. The lowest BCUT2D eigenvalue weighted by Crippen LogP contribution is -2.23. The zero-order chi connectivity index (χ0) is 14.8. The van der Waals surface area contributed by atoms with E-state index in [4.69, 9.17) is 0 Å². The van der Waals surface area contributed by atoms with Crippen molar-refractivity contribution in [1.29, 1.82) is 0 Å². The Morgan fingerprint density at radius 2 is 1.86 bits per heavy atom. The third kappa shape index (κ3) is 2.79. The Kier molecular flexibility index (Phi) is 3.44. The van der Waals surface area contributed by atoms with Gasteiger partial charge in [0, 0.05) is 31.3 Å². The molecule has 0 radical (unpaired) electrons. The first-order valence-corrected chi connectivity index (χ1v) is 6.87. The molecule has 0 aliphatic carbocycles. The van der Waals surface area contributed by atoms with E-state index in [-0.39, 0.29) is 11.8 Å². The quantitative estimate of drug-likeness (QED) is 0.940. The van der Waals surface area contributed by atoms with Crippen molar-refractivity contribution in [3.8, 4) is 0 Å². The van der Waals surface area contributed by atoms with E-state index >= 15 is 0 Å². The summed E-state index contributed by atoms with van der Waals surface area (Å²) in [5.74, 6) is -0.00976. The van der Waals surface area contributed by atoms with Crippen molar-refractivity contribution in [2.75, 3.05) is 5.32 Å². The predicted octanol–water partition coefficient (Wildman–Crippen LogP) is 2.80. The highest BCUT2D eigenvalue weighted by atomic mass is 16.2. The van der Waals surface area contributed by atoms with E-state index in [1.54, 1.807) is 0 Å². The summed E-state index contributed by atoms with van der Waals surface area (Å²) >= 11 is 0. The minimum Gasteiger partial charge on any atom is -0.330 e. The van der Waals surface area contributed by atoms with Crippen LogP contribution < -0.4 is 5.32 Å². The monoisotopic (exact) mass is 280 g/mol. The Bertz CT molecular complexity index is 692. The molecule has 4 nitrogen and oxygen atoms in total. The van der Waals surface area contributed by atoms with Crippen LogP contribution in [-0.4, -0.2) is 16.7 Å². The van der Waals surface area contributed by atoms with Crippen LogP contribution >= 0.6 is 0 Å². The molecular weight excluding hydrogens is 264 g/mol. The maximum absolute atomic E-state index is 12.3. The molecule has 0 aromatic heterocycles. The van der Waals surface area contributed by atoms with Gasteiger partial charge in [-0.25, -0.2) is 0 Å². The van der Waals surface area contributed by atoms with Crippen molar-refractivity contribution in [2.24, 2.45) is 0 Å². The van der Waals surface area contributed by atoms with Crippen LogP contribution in [0.5, 0.6) is 0 Å². The zero-order valence-electron chi connectivity index (χ0n) is 11.8. The molecule has 21 heavy (non-hydrogen) atoms. The van der Waals surface area contributed by atoms with E-state index in [0.717, 1.165) is 22.4 Å². The first kappa shape index (κ1) is 13.4. The second-order valence-electron chi connectivity index (χ2n) is 5.20. The van der Waals surface area contributed by atoms with Crippen LogP contribution in [0.15, 0.2) is 48.5 Å². The fraction of sp³-hybridized carbons (Fsp3) is 0.176. The van der Waals surface area contributed by atoms with Gasteiger partial charge in [-0.3, -0.25) is 9.59 Å². The zero-order valence-corrected chi connectivity index (χ0v) is 11.8. The number of fused-ring (bicyclic) bond motifs is 1. The van der Waals surface area contributed by atoms with Gasteiger partial charge in [0.25, 0.3) is 5.91 Å². The molecule has 0 saturated heterocycles. The Balaban J connectivity index is 1.71. The van der Waals surface area contributed by atoms with Gasteiger partial charge in [-0.1, -0.05) is 30.3 Å². The Morgan fingerprint density at radius 3 is 2.52 bits per heavy atom. The minimum absolute atomic E-state index is 0.0801. The van der Waals surface area contributed by atoms with Gasteiger partial charge in [0.05, 0.1) is 0 Å². The van der Waals surface area contributed by atoms with Gasteiger partial charge < -0.3 is 10.2 Å². The molecule has 106 valence electrons. The lowest BCUT2D eigenvalue weighted by Gasteiger charge is -2.16. The average molecular weight is 280 g/mol. The summed E-state index contributed by atoms with van der Waals surface area (Å²) in [5.41, 5.74) is 3.69. The first-order chi connectivity index (χ1) is 10.1. The van der Waals surface area contributed by atoms with Gasteiger partial charge in [-0.05, 0) is 29.3 Å². The SMILES string of the molecule is CC(=O)Nc1ccc(CN2Cc3ccccc3C2=O)cc1. The second-order valence-corrected chi connectivity index (χ2v) is 5.20. The number of hydrogen-bond donors (Lipinski definition) is 1. The number of nitrogens with zero attached hydrogens (tertiary/aromatic N) is 1. The number of hydrogen-bond acceptors (Lipinski definition) is 2. The number of rotatable bonds is 3. The smallest absolute Gasteiger partial charge is 0.254 e. The Labute approximate surface area is 123 Å². The molecule has 1 aliphatic rings. The molecule has 0 bridgehead atoms. The molecule has 3 rings (SSSR count). The minimum atomic E-state index is -0.0899. The number of carbonyl (C=O) groups is 2. The summed E-state index contributed by atoms with van der Waals surface area (Å²) in [4.78, 5) is 25.1. The largest absolute Gasteiger partial charge is 0.330 e. The lowest BCUT2D eigenvalue weighted by atomic mass is 10.1. The number of anilines is 1. The third-order valence-corrected chi connectivity index (χ3v) is 3.54. The van der Waals surface area contributed by atoms with E-state index in [1.807, 2.05) is 53.4 Å². The summed E-state index contributed by atoms with van der Waals surface area (Å²) < 4.78 is 0. The molecule has 0 atom stereocenters. The fourth-order valence-electron chi connectivity index (χ4n) is 2.56. The molecule has 0 saturated carbocycles. The summed E-state index contributed by atoms with van der Waals surface area (Å²) in [6, 6.07) is 15.3. The second kappa shape index (κ2) is 5.40. The van der Waals surface area contributed by atoms with Crippen LogP contribution in [0.1, 0.15) is 28.4 Å². The van der Waals surface area contributed by atoms with Gasteiger partial charge in [-0.15, -0.1) is 0 Å².